The molecule has 1 aromatic rings. The number of allylic oxidation sites excluding steroid dienone is 2. The Bertz CT molecular complexity index is 658. The van der Waals surface area contributed by atoms with Crippen LogP contribution in [0.15, 0.2) is 30.6 Å². The van der Waals surface area contributed by atoms with E-state index in [1.54, 1.807) is 0 Å². The number of ether oxygens (including phenoxy) is 1. The van der Waals surface area contributed by atoms with Gasteiger partial charge in [-0.1, -0.05) is 19.9 Å². The molecule has 0 amide bonds. The first kappa shape index (κ1) is 19.2. The third-order valence-electron chi connectivity index (χ3n) is 3.80. The number of rotatable bonds is 3. The van der Waals surface area contributed by atoms with Crippen molar-refractivity contribution in [1.82, 2.24) is 15.2 Å². The van der Waals surface area contributed by atoms with Gasteiger partial charge in [0.25, 0.3) is 5.88 Å². The molecule has 2 unspecified atom stereocenters. The number of fused-ring (bicyclic) bond motifs is 1. The van der Waals surface area contributed by atoms with Gasteiger partial charge in [-0.3, -0.25) is 5.32 Å². The van der Waals surface area contributed by atoms with E-state index < -0.39 is 24.5 Å². The standard InChI is InChI=1S/C15H15F4N3O.C2H6/c1-9-13-5-10(2-3-22(13)8-21-9)11-4-12(16)14(20-6-11)23-7-15(17,18)19;1-2/h2-6,9,13,21H,7-8H2,1H3;1-2H3. The zero-order valence-electron chi connectivity index (χ0n) is 14.3. The lowest BCUT2D eigenvalue weighted by atomic mass is 9.99. The molecular weight excluding hydrogens is 338 g/mol. The van der Waals surface area contributed by atoms with Gasteiger partial charge in [0, 0.05) is 24.0 Å². The van der Waals surface area contributed by atoms with Crippen molar-refractivity contribution in [2.45, 2.75) is 39.0 Å². The molecule has 25 heavy (non-hydrogen) atoms. The van der Waals surface area contributed by atoms with Crippen molar-refractivity contribution in [3.05, 3.63) is 42.0 Å². The zero-order valence-corrected chi connectivity index (χ0v) is 14.3. The van der Waals surface area contributed by atoms with Crippen LogP contribution < -0.4 is 10.1 Å². The number of aromatic nitrogens is 1. The second kappa shape index (κ2) is 7.86. The van der Waals surface area contributed by atoms with E-state index in [0.29, 0.717) is 5.56 Å². The van der Waals surface area contributed by atoms with Gasteiger partial charge >= 0.3 is 6.18 Å². The first-order chi connectivity index (χ1) is 11.8. The lowest BCUT2D eigenvalue weighted by molar-refractivity contribution is -0.154. The maximum Gasteiger partial charge on any atom is 0.422 e. The van der Waals surface area contributed by atoms with Crippen LogP contribution in [0.4, 0.5) is 17.6 Å². The van der Waals surface area contributed by atoms with Crippen molar-refractivity contribution in [2.24, 2.45) is 0 Å². The van der Waals surface area contributed by atoms with Crippen LogP contribution in [-0.4, -0.2) is 41.4 Å². The van der Waals surface area contributed by atoms with Crippen LogP contribution in [0.5, 0.6) is 5.88 Å². The normalized spacial score (nSPS) is 22.0. The molecule has 4 nitrogen and oxygen atoms in total. The van der Waals surface area contributed by atoms with E-state index in [1.165, 1.54) is 6.20 Å². The van der Waals surface area contributed by atoms with E-state index in [2.05, 4.69) is 19.9 Å². The van der Waals surface area contributed by atoms with Crippen molar-refractivity contribution in [2.75, 3.05) is 13.3 Å². The monoisotopic (exact) mass is 359 g/mol. The summed E-state index contributed by atoms with van der Waals surface area (Å²) in [5.74, 6) is -1.56. The molecule has 2 atom stereocenters. The largest absolute Gasteiger partial charge is 0.466 e. The Morgan fingerprint density at radius 3 is 2.72 bits per heavy atom. The maximum absolute atomic E-state index is 13.9. The highest BCUT2D eigenvalue weighted by Crippen LogP contribution is 2.28. The third kappa shape index (κ3) is 4.72. The second-order valence-electron chi connectivity index (χ2n) is 5.51. The fraction of sp³-hybridized carbons (Fsp3) is 0.471. The molecule has 0 radical (unpaired) electrons. The Hall–Kier alpha value is -2.09. The lowest BCUT2D eigenvalue weighted by Crippen LogP contribution is -2.31. The fourth-order valence-electron chi connectivity index (χ4n) is 2.60. The van der Waals surface area contributed by atoms with Gasteiger partial charge in [0.05, 0.1) is 12.7 Å². The second-order valence-corrected chi connectivity index (χ2v) is 5.51. The number of halogens is 4. The summed E-state index contributed by atoms with van der Waals surface area (Å²) in [6, 6.07) is 1.54. The highest BCUT2D eigenvalue weighted by Gasteiger charge is 2.30. The quantitative estimate of drug-likeness (QED) is 0.835. The molecule has 2 aliphatic heterocycles. The summed E-state index contributed by atoms with van der Waals surface area (Å²) in [5.41, 5.74) is 1.27. The molecular formula is C17H21F4N3O. The van der Waals surface area contributed by atoms with Crippen LogP contribution in [-0.2, 0) is 0 Å². The van der Waals surface area contributed by atoms with E-state index in [-0.39, 0.29) is 12.1 Å². The predicted molar refractivity (Wildman–Crippen MR) is 87.3 cm³/mol. The minimum atomic E-state index is -4.53. The predicted octanol–water partition coefficient (Wildman–Crippen LogP) is 3.72. The van der Waals surface area contributed by atoms with Crippen LogP contribution in [0.1, 0.15) is 26.3 Å². The topological polar surface area (TPSA) is 37.4 Å². The molecule has 138 valence electrons. The zero-order chi connectivity index (χ0) is 18.6. The molecule has 0 saturated carbocycles. The van der Waals surface area contributed by atoms with Crippen LogP contribution in [0.3, 0.4) is 0 Å². The molecule has 0 bridgehead atoms. The SMILES string of the molecule is CC.CC1NCN2C=CC(c3cnc(OCC(F)(F)F)c(F)c3)=CC12. The van der Waals surface area contributed by atoms with E-state index in [1.807, 2.05) is 39.1 Å². The van der Waals surface area contributed by atoms with Gasteiger partial charge in [0.15, 0.2) is 12.4 Å². The molecule has 1 N–H and O–H groups in total. The summed E-state index contributed by atoms with van der Waals surface area (Å²) in [5, 5.41) is 3.30. The van der Waals surface area contributed by atoms with E-state index in [4.69, 9.17) is 0 Å². The molecule has 8 heteroatoms. The lowest BCUT2D eigenvalue weighted by Gasteiger charge is -2.25. The first-order valence-electron chi connectivity index (χ1n) is 8.08. The number of nitrogens with one attached hydrogen (secondary N) is 1. The summed E-state index contributed by atoms with van der Waals surface area (Å²) in [7, 11) is 0. The summed E-state index contributed by atoms with van der Waals surface area (Å²) < 4.78 is 54.6. The van der Waals surface area contributed by atoms with Crippen LogP contribution >= 0.6 is 0 Å². The van der Waals surface area contributed by atoms with Gasteiger partial charge in [-0.25, -0.2) is 9.37 Å². The number of hydrogen-bond acceptors (Lipinski definition) is 4. The molecule has 3 heterocycles. The average Bonchev–Trinajstić information content (AvgIpc) is 2.95. The van der Waals surface area contributed by atoms with Gasteiger partial charge in [-0.15, -0.1) is 0 Å². The van der Waals surface area contributed by atoms with Crippen molar-refractivity contribution in [3.63, 3.8) is 0 Å². The molecule has 3 rings (SSSR count). The molecule has 1 fully saturated rings. The van der Waals surface area contributed by atoms with Crippen LogP contribution in [0.25, 0.3) is 5.57 Å². The summed E-state index contributed by atoms with van der Waals surface area (Å²) in [6.07, 6.45) is 2.49. The number of alkyl halides is 3. The highest BCUT2D eigenvalue weighted by atomic mass is 19.4. The minimum Gasteiger partial charge on any atom is -0.466 e. The summed E-state index contributed by atoms with van der Waals surface area (Å²) in [6.45, 7) is 5.22. The Morgan fingerprint density at radius 1 is 1.36 bits per heavy atom. The average molecular weight is 359 g/mol. The minimum absolute atomic E-state index is 0.152. The van der Waals surface area contributed by atoms with E-state index in [0.717, 1.165) is 18.3 Å². The smallest absolute Gasteiger partial charge is 0.422 e. The Kier molecular flexibility index (Phi) is 6.05. The Labute approximate surface area is 144 Å². The van der Waals surface area contributed by atoms with Crippen LogP contribution in [0.2, 0.25) is 0 Å². The molecule has 0 spiro atoms. The summed E-state index contributed by atoms with van der Waals surface area (Å²) >= 11 is 0. The third-order valence-corrected chi connectivity index (χ3v) is 3.80. The number of nitrogens with zero attached hydrogens (tertiary/aromatic N) is 2. The number of hydrogen-bond donors (Lipinski definition) is 1. The summed E-state index contributed by atoms with van der Waals surface area (Å²) in [4.78, 5) is 5.77. The van der Waals surface area contributed by atoms with Crippen molar-refractivity contribution in [3.8, 4) is 5.88 Å². The van der Waals surface area contributed by atoms with Gasteiger partial charge in [-0.2, -0.15) is 13.2 Å². The van der Waals surface area contributed by atoms with Gasteiger partial charge in [-0.05, 0) is 24.6 Å². The molecule has 0 aromatic carbocycles. The number of pyridine rings is 1. The Morgan fingerprint density at radius 2 is 2.08 bits per heavy atom. The van der Waals surface area contributed by atoms with Gasteiger partial charge in [0.2, 0.25) is 0 Å². The molecule has 0 aliphatic carbocycles. The van der Waals surface area contributed by atoms with Crippen molar-refractivity contribution < 1.29 is 22.3 Å². The van der Waals surface area contributed by atoms with Gasteiger partial charge < -0.3 is 9.64 Å². The van der Waals surface area contributed by atoms with E-state index >= 15 is 0 Å². The van der Waals surface area contributed by atoms with Crippen molar-refractivity contribution >= 4 is 5.57 Å². The Balaban J connectivity index is 0.00000109. The maximum atomic E-state index is 13.9. The molecule has 1 aromatic heterocycles. The van der Waals surface area contributed by atoms with Crippen LogP contribution in [0, 0.1) is 5.82 Å². The highest BCUT2D eigenvalue weighted by molar-refractivity contribution is 5.75. The van der Waals surface area contributed by atoms with Crippen molar-refractivity contribution in [1.29, 1.82) is 0 Å². The molecule has 2 aliphatic rings. The first-order valence-corrected chi connectivity index (χ1v) is 8.08. The van der Waals surface area contributed by atoms with E-state index in [9.17, 15) is 17.6 Å². The van der Waals surface area contributed by atoms with Gasteiger partial charge in [0.1, 0.15) is 0 Å². The fourth-order valence-corrected chi connectivity index (χ4v) is 2.60. The molecule has 1 saturated heterocycles.